The quantitative estimate of drug-likeness (QED) is 0.911. The first kappa shape index (κ1) is 13.4. The van der Waals surface area contributed by atoms with E-state index in [-0.39, 0.29) is 11.6 Å². The molecule has 1 heterocycles. The summed E-state index contributed by atoms with van der Waals surface area (Å²) in [6.07, 6.45) is 0. The number of nitrogen functional groups attached to an aromatic ring is 1. The van der Waals surface area contributed by atoms with E-state index >= 15 is 0 Å². The van der Waals surface area contributed by atoms with E-state index < -0.39 is 0 Å². The highest BCUT2D eigenvalue weighted by molar-refractivity contribution is 9.10. The van der Waals surface area contributed by atoms with Gasteiger partial charge in [-0.25, -0.2) is 4.98 Å². The lowest BCUT2D eigenvalue weighted by Crippen LogP contribution is -2.14. The Hall–Kier alpha value is -2.08. The first-order chi connectivity index (χ1) is 9.10. The number of amides is 1. The number of carbonyl (C=O) groups excluding carboxylic acids is 1. The van der Waals surface area contributed by atoms with Gasteiger partial charge in [-0.15, -0.1) is 0 Å². The molecule has 0 unspecified atom stereocenters. The molecule has 3 N–H and O–H groups in total. The average Bonchev–Trinajstić information content (AvgIpc) is 2.39. The molecule has 1 aromatic heterocycles. The van der Waals surface area contributed by atoms with E-state index in [9.17, 15) is 4.79 Å². The number of methoxy groups -OCH3 is 1. The molecule has 1 amide bonds. The fraction of sp³-hybridized carbons (Fsp3) is 0.0769. The molecule has 19 heavy (non-hydrogen) atoms. The zero-order valence-electron chi connectivity index (χ0n) is 10.2. The van der Waals surface area contributed by atoms with Crippen LogP contribution in [0.4, 0.5) is 11.5 Å². The molecular weight excluding hydrogens is 310 g/mol. The van der Waals surface area contributed by atoms with Gasteiger partial charge in [0.25, 0.3) is 5.91 Å². The van der Waals surface area contributed by atoms with E-state index in [1.54, 1.807) is 30.3 Å². The second-order valence-electron chi connectivity index (χ2n) is 3.75. The summed E-state index contributed by atoms with van der Waals surface area (Å²) in [5.41, 5.74) is 6.36. The predicted molar refractivity (Wildman–Crippen MR) is 77.3 cm³/mol. The third-order valence-electron chi connectivity index (χ3n) is 2.41. The van der Waals surface area contributed by atoms with Crippen LogP contribution in [0, 0.1) is 0 Å². The Labute approximate surface area is 118 Å². The number of halogens is 1. The molecule has 2 rings (SSSR count). The second-order valence-corrected chi connectivity index (χ2v) is 4.66. The Kier molecular flexibility index (Phi) is 4.01. The molecule has 0 saturated heterocycles. The summed E-state index contributed by atoms with van der Waals surface area (Å²) in [5, 5.41) is 2.73. The smallest absolute Gasteiger partial charge is 0.274 e. The van der Waals surface area contributed by atoms with Crippen LogP contribution in [0.3, 0.4) is 0 Å². The van der Waals surface area contributed by atoms with E-state index in [2.05, 4.69) is 26.2 Å². The molecule has 6 heteroatoms. The van der Waals surface area contributed by atoms with Gasteiger partial charge in [-0.2, -0.15) is 0 Å². The SMILES string of the molecule is COc1ccc(Br)cc1NC(=O)c1cccc(N)n1. The summed E-state index contributed by atoms with van der Waals surface area (Å²) in [5.74, 6) is 0.526. The number of nitrogens with one attached hydrogen (secondary N) is 1. The molecule has 0 spiro atoms. The van der Waals surface area contributed by atoms with Gasteiger partial charge in [-0.1, -0.05) is 22.0 Å². The van der Waals surface area contributed by atoms with Crippen LogP contribution in [0.5, 0.6) is 5.75 Å². The Bertz CT molecular complexity index is 617. The Balaban J connectivity index is 2.26. The fourth-order valence-corrected chi connectivity index (χ4v) is 1.90. The van der Waals surface area contributed by atoms with Crippen LogP contribution in [0.15, 0.2) is 40.9 Å². The first-order valence-corrected chi connectivity index (χ1v) is 6.27. The monoisotopic (exact) mass is 321 g/mol. The lowest BCUT2D eigenvalue weighted by atomic mass is 10.2. The van der Waals surface area contributed by atoms with Crippen molar-refractivity contribution in [1.29, 1.82) is 0 Å². The van der Waals surface area contributed by atoms with Gasteiger partial charge in [0.15, 0.2) is 0 Å². The van der Waals surface area contributed by atoms with Gasteiger partial charge >= 0.3 is 0 Å². The molecule has 0 aliphatic heterocycles. The van der Waals surface area contributed by atoms with E-state index in [1.807, 2.05) is 6.07 Å². The van der Waals surface area contributed by atoms with Crippen molar-refractivity contribution in [3.63, 3.8) is 0 Å². The molecule has 0 aliphatic rings. The minimum absolute atomic E-state index is 0.252. The van der Waals surface area contributed by atoms with Crippen molar-refractivity contribution >= 4 is 33.3 Å². The highest BCUT2D eigenvalue weighted by Gasteiger charge is 2.11. The third-order valence-corrected chi connectivity index (χ3v) is 2.91. The van der Waals surface area contributed by atoms with Crippen LogP contribution in [-0.4, -0.2) is 18.0 Å². The number of benzene rings is 1. The lowest BCUT2D eigenvalue weighted by Gasteiger charge is -2.10. The van der Waals surface area contributed by atoms with Crippen molar-refractivity contribution < 1.29 is 9.53 Å². The van der Waals surface area contributed by atoms with Gasteiger partial charge in [-0.05, 0) is 30.3 Å². The maximum Gasteiger partial charge on any atom is 0.274 e. The molecular formula is C13H12BrN3O2. The molecule has 0 atom stereocenters. The molecule has 1 aromatic carbocycles. The molecule has 0 radical (unpaired) electrons. The van der Waals surface area contributed by atoms with Crippen molar-refractivity contribution in [1.82, 2.24) is 4.98 Å². The Morgan fingerprint density at radius 2 is 2.16 bits per heavy atom. The number of aromatic nitrogens is 1. The standard InChI is InChI=1S/C13H12BrN3O2/c1-19-11-6-5-8(14)7-10(11)17-13(18)9-3-2-4-12(15)16-9/h2-7H,1H3,(H2,15,16)(H,17,18). The normalized spacial score (nSPS) is 10.0. The first-order valence-electron chi connectivity index (χ1n) is 5.47. The average molecular weight is 322 g/mol. The molecule has 0 aliphatic carbocycles. The Morgan fingerprint density at radius 3 is 2.84 bits per heavy atom. The Morgan fingerprint density at radius 1 is 1.37 bits per heavy atom. The summed E-state index contributed by atoms with van der Waals surface area (Å²) in [6, 6.07) is 10.2. The number of hydrogen-bond acceptors (Lipinski definition) is 4. The van der Waals surface area contributed by atoms with E-state index in [4.69, 9.17) is 10.5 Å². The summed E-state index contributed by atoms with van der Waals surface area (Å²) >= 11 is 3.34. The second kappa shape index (κ2) is 5.71. The van der Waals surface area contributed by atoms with Crippen LogP contribution < -0.4 is 15.8 Å². The summed E-state index contributed by atoms with van der Waals surface area (Å²) in [6.45, 7) is 0. The molecule has 0 bridgehead atoms. The van der Waals surface area contributed by atoms with Crippen LogP contribution in [0.1, 0.15) is 10.5 Å². The minimum Gasteiger partial charge on any atom is -0.495 e. The highest BCUT2D eigenvalue weighted by Crippen LogP contribution is 2.28. The maximum absolute atomic E-state index is 12.0. The van der Waals surface area contributed by atoms with E-state index in [0.717, 1.165) is 4.47 Å². The lowest BCUT2D eigenvalue weighted by molar-refractivity contribution is 0.102. The molecule has 0 saturated carbocycles. The zero-order chi connectivity index (χ0) is 13.8. The maximum atomic E-state index is 12.0. The minimum atomic E-state index is -0.344. The number of anilines is 2. The van der Waals surface area contributed by atoms with Gasteiger partial charge in [0.2, 0.25) is 0 Å². The number of ether oxygens (including phenoxy) is 1. The van der Waals surface area contributed by atoms with Crippen molar-refractivity contribution in [2.75, 3.05) is 18.2 Å². The number of hydrogen-bond donors (Lipinski definition) is 2. The summed E-state index contributed by atoms with van der Waals surface area (Å²) < 4.78 is 6.02. The van der Waals surface area contributed by atoms with E-state index in [1.165, 1.54) is 7.11 Å². The molecule has 5 nitrogen and oxygen atoms in total. The van der Waals surface area contributed by atoms with Gasteiger partial charge in [0, 0.05) is 4.47 Å². The number of rotatable bonds is 3. The summed E-state index contributed by atoms with van der Waals surface area (Å²) in [7, 11) is 1.54. The van der Waals surface area contributed by atoms with Gasteiger partial charge < -0.3 is 15.8 Å². The van der Waals surface area contributed by atoms with Crippen LogP contribution in [0.25, 0.3) is 0 Å². The van der Waals surface area contributed by atoms with Crippen LogP contribution in [-0.2, 0) is 0 Å². The molecule has 0 fully saturated rings. The van der Waals surface area contributed by atoms with Gasteiger partial charge in [0.05, 0.1) is 12.8 Å². The van der Waals surface area contributed by atoms with Crippen molar-refractivity contribution in [3.05, 3.63) is 46.6 Å². The predicted octanol–water partition coefficient (Wildman–Crippen LogP) is 2.69. The van der Waals surface area contributed by atoms with E-state index in [0.29, 0.717) is 17.3 Å². The van der Waals surface area contributed by atoms with Gasteiger partial charge in [0.1, 0.15) is 17.3 Å². The number of nitrogens with two attached hydrogens (primary N) is 1. The third kappa shape index (κ3) is 3.23. The number of pyridine rings is 1. The molecule has 2 aromatic rings. The van der Waals surface area contributed by atoms with Crippen molar-refractivity contribution in [2.24, 2.45) is 0 Å². The fourth-order valence-electron chi connectivity index (χ4n) is 1.54. The zero-order valence-corrected chi connectivity index (χ0v) is 11.8. The molecule has 98 valence electrons. The van der Waals surface area contributed by atoms with Gasteiger partial charge in [-0.3, -0.25) is 4.79 Å². The highest BCUT2D eigenvalue weighted by atomic mass is 79.9. The largest absolute Gasteiger partial charge is 0.495 e. The van der Waals surface area contributed by atoms with Crippen LogP contribution in [0.2, 0.25) is 0 Å². The number of nitrogens with zero attached hydrogens (tertiary/aromatic N) is 1. The number of carbonyl (C=O) groups is 1. The summed E-state index contributed by atoms with van der Waals surface area (Å²) in [4.78, 5) is 16.0. The van der Waals surface area contributed by atoms with Crippen molar-refractivity contribution in [2.45, 2.75) is 0 Å². The van der Waals surface area contributed by atoms with Crippen LogP contribution >= 0.6 is 15.9 Å². The topological polar surface area (TPSA) is 77.2 Å². The van der Waals surface area contributed by atoms with Crippen molar-refractivity contribution in [3.8, 4) is 5.75 Å².